The quantitative estimate of drug-likeness (QED) is 0.670. The first-order valence-electron chi connectivity index (χ1n) is 3.48. The third-order valence-electron chi connectivity index (χ3n) is 1.37. The zero-order chi connectivity index (χ0) is 9.84. The zero-order valence-corrected chi connectivity index (χ0v) is 7.41. The van der Waals surface area contributed by atoms with Crippen LogP contribution < -0.4 is 11.2 Å². The van der Waals surface area contributed by atoms with Gasteiger partial charge in [-0.05, 0) is 12.1 Å². The Balaban J connectivity index is 2.82. The predicted molar refractivity (Wildman–Crippen MR) is 48.0 cm³/mol. The van der Waals surface area contributed by atoms with Gasteiger partial charge in [0.05, 0.1) is 0 Å². The van der Waals surface area contributed by atoms with Crippen molar-refractivity contribution in [3.8, 4) is 0 Å². The molecule has 0 fully saturated rings. The van der Waals surface area contributed by atoms with Crippen LogP contribution in [0.5, 0.6) is 0 Å². The number of nitrogens with two attached hydrogens (primary N) is 1. The van der Waals surface area contributed by atoms with E-state index in [9.17, 15) is 9.59 Å². The first kappa shape index (κ1) is 9.60. The van der Waals surface area contributed by atoms with Crippen LogP contribution in [0.2, 0.25) is 0 Å². The summed E-state index contributed by atoms with van der Waals surface area (Å²) in [6.45, 7) is 0. The molecule has 0 unspecified atom stereocenters. The number of aromatic nitrogens is 1. The number of hydrogen-bond acceptors (Lipinski definition) is 2. The van der Waals surface area contributed by atoms with Crippen molar-refractivity contribution in [1.82, 2.24) is 4.68 Å². The maximum absolute atomic E-state index is 10.8. The molecule has 5 nitrogen and oxygen atoms in total. The largest absolute Gasteiger partial charge is 0.364 e. The lowest BCUT2D eigenvalue weighted by Crippen LogP contribution is -2.28. The third kappa shape index (κ3) is 2.22. The summed E-state index contributed by atoms with van der Waals surface area (Å²) in [6, 6.07) is 3.09. The maximum atomic E-state index is 10.8. The molecular weight excluding hydrogens is 194 g/mol. The highest BCUT2D eigenvalue weighted by molar-refractivity contribution is 6.28. The molecule has 0 spiro atoms. The lowest BCUT2D eigenvalue weighted by molar-refractivity contribution is -0.114. The van der Waals surface area contributed by atoms with Gasteiger partial charge in [-0.25, -0.2) is 0 Å². The molecule has 70 valence electrons. The van der Waals surface area contributed by atoms with Crippen LogP contribution in [0.3, 0.4) is 0 Å². The summed E-state index contributed by atoms with van der Waals surface area (Å²) >= 11 is 5.26. The minimum Gasteiger partial charge on any atom is -0.364 e. The van der Waals surface area contributed by atoms with E-state index in [4.69, 9.17) is 17.3 Å². The molecule has 0 aromatic carbocycles. The Morgan fingerprint density at radius 2 is 2.31 bits per heavy atom. The van der Waals surface area contributed by atoms with E-state index in [1.807, 2.05) is 0 Å². The van der Waals surface area contributed by atoms with Crippen molar-refractivity contribution < 1.29 is 9.59 Å². The van der Waals surface area contributed by atoms with Gasteiger partial charge >= 0.3 is 0 Å². The van der Waals surface area contributed by atoms with Crippen LogP contribution in [0.4, 0.5) is 0 Å². The minimum atomic E-state index is -0.611. The molecule has 1 aromatic heterocycles. The molecular formula is C7H8ClN3O2. The van der Waals surface area contributed by atoms with Crippen LogP contribution in [0.25, 0.3) is 0 Å². The topological polar surface area (TPSA) is 77.1 Å². The molecule has 0 bridgehead atoms. The second-order valence-corrected chi connectivity index (χ2v) is 2.56. The number of amides is 2. The Morgan fingerprint density at radius 1 is 1.62 bits per heavy atom. The standard InChI is InChI=1S/C7H8ClN3O2/c8-4-6(12)10-11-3-1-2-5(11)7(9)13/h1-3H,4H2,(H2,9,13)(H,10,12). The normalized spacial score (nSPS) is 9.62. The fourth-order valence-corrected chi connectivity index (χ4v) is 0.903. The van der Waals surface area contributed by atoms with E-state index in [-0.39, 0.29) is 11.6 Å². The molecule has 0 saturated carbocycles. The van der Waals surface area contributed by atoms with Gasteiger partial charge in [0.2, 0.25) is 0 Å². The number of primary amides is 1. The van der Waals surface area contributed by atoms with Crippen molar-refractivity contribution in [1.29, 1.82) is 0 Å². The summed E-state index contributed by atoms with van der Waals surface area (Å²) in [5.74, 6) is -1.18. The van der Waals surface area contributed by atoms with Crippen LogP contribution in [-0.4, -0.2) is 22.4 Å². The lowest BCUT2D eigenvalue weighted by atomic mass is 10.4. The van der Waals surface area contributed by atoms with Gasteiger partial charge in [0.25, 0.3) is 11.8 Å². The summed E-state index contributed by atoms with van der Waals surface area (Å²) < 4.78 is 1.23. The van der Waals surface area contributed by atoms with Gasteiger partial charge in [-0.15, -0.1) is 11.6 Å². The van der Waals surface area contributed by atoms with Gasteiger partial charge < -0.3 is 5.73 Å². The molecule has 0 radical (unpaired) electrons. The first-order chi connectivity index (χ1) is 6.15. The smallest absolute Gasteiger partial charge is 0.267 e. The fraction of sp³-hybridized carbons (Fsp3) is 0.143. The lowest BCUT2D eigenvalue weighted by Gasteiger charge is -2.06. The van der Waals surface area contributed by atoms with Crippen LogP contribution >= 0.6 is 11.6 Å². The molecule has 0 aliphatic carbocycles. The summed E-state index contributed by atoms with van der Waals surface area (Å²) in [6.07, 6.45) is 1.50. The number of carbonyl (C=O) groups excluding carboxylic acids is 2. The average molecular weight is 202 g/mol. The molecule has 1 rings (SSSR count). The highest BCUT2D eigenvalue weighted by atomic mass is 35.5. The monoisotopic (exact) mass is 201 g/mol. The Bertz CT molecular complexity index is 334. The number of carbonyl (C=O) groups is 2. The summed E-state index contributed by atoms with van der Waals surface area (Å²) in [5.41, 5.74) is 7.61. The number of nitrogens with one attached hydrogen (secondary N) is 1. The van der Waals surface area contributed by atoms with Crippen LogP contribution in [0, 0.1) is 0 Å². The number of alkyl halides is 1. The van der Waals surface area contributed by atoms with Crippen molar-refractivity contribution in [2.75, 3.05) is 11.3 Å². The second-order valence-electron chi connectivity index (χ2n) is 2.30. The van der Waals surface area contributed by atoms with Crippen molar-refractivity contribution >= 4 is 23.4 Å². The molecule has 2 amide bonds. The van der Waals surface area contributed by atoms with Crippen molar-refractivity contribution in [2.24, 2.45) is 5.73 Å². The molecule has 1 heterocycles. The number of nitrogens with zero attached hydrogens (tertiary/aromatic N) is 1. The van der Waals surface area contributed by atoms with Gasteiger partial charge in [0, 0.05) is 6.20 Å². The molecule has 0 saturated heterocycles. The SMILES string of the molecule is NC(=O)c1cccn1NC(=O)CCl. The summed E-state index contributed by atoms with van der Waals surface area (Å²) in [7, 11) is 0. The molecule has 6 heteroatoms. The molecule has 3 N–H and O–H groups in total. The molecule has 1 aromatic rings. The van der Waals surface area contributed by atoms with Gasteiger partial charge in [-0.1, -0.05) is 0 Å². The number of hydrogen-bond donors (Lipinski definition) is 2. The fourth-order valence-electron chi connectivity index (χ4n) is 0.843. The molecule has 0 aliphatic heterocycles. The third-order valence-corrected chi connectivity index (χ3v) is 1.61. The van der Waals surface area contributed by atoms with Gasteiger partial charge in [0.1, 0.15) is 11.6 Å². The Hall–Kier alpha value is -1.49. The number of halogens is 1. The molecule has 13 heavy (non-hydrogen) atoms. The van der Waals surface area contributed by atoms with E-state index in [1.165, 1.54) is 16.9 Å². The summed E-state index contributed by atoms with van der Waals surface area (Å²) in [5, 5.41) is 0. The maximum Gasteiger partial charge on any atom is 0.267 e. The Kier molecular flexibility index (Phi) is 2.92. The second kappa shape index (κ2) is 3.95. The van der Waals surface area contributed by atoms with Crippen molar-refractivity contribution in [3.63, 3.8) is 0 Å². The molecule has 0 aliphatic rings. The highest BCUT2D eigenvalue weighted by Gasteiger charge is 2.07. The van der Waals surface area contributed by atoms with E-state index < -0.39 is 11.8 Å². The minimum absolute atomic E-state index is 0.170. The first-order valence-corrected chi connectivity index (χ1v) is 4.01. The zero-order valence-electron chi connectivity index (χ0n) is 6.66. The van der Waals surface area contributed by atoms with Crippen LogP contribution in [0.1, 0.15) is 10.5 Å². The Morgan fingerprint density at radius 3 is 2.85 bits per heavy atom. The average Bonchev–Trinajstić information content (AvgIpc) is 2.52. The van der Waals surface area contributed by atoms with Gasteiger partial charge in [-0.2, -0.15) is 0 Å². The predicted octanol–water partition coefficient (Wildman–Crippen LogP) is -0.104. The van der Waals surface area contributed by atoms with Crippen LogP contribution in [0.15, 0.2) is 18.3 Å². The highest BCUT2D eigenvalue weighted by Crippen LogP contribution is 1.98. The van der Waals surface area contributed by atoms with Crippen molar-refractivity contribution in [2.45, 2.75) is 0 Å². The van der Waals surface area contributed by atoms with E-state index >= 15 is 0 Å². The molecule has 0 atom stereocenters. The van der Waals surface area contributed by atoms with Crippen molar-refractivity contribution in [3.05, 3.63) is 24.0 Å². The van der Waals surface area contributed by atoms with Gasteiger partial charge in [-0.3, -0.25) is 19.7 Å². The van der Waals surface area contributed by atoms with E-state index in [1.54, 1.807) is 6.07 Å². The van der Waals surface area contributed by atoms with Crippen LogP contribution in [-0.2, 0) is 4.79 Å². The number of rotatable bonds is 3. The summed E-state index contributed by atoms with van der Waals surface area (Å²) in [4.78, 5) is 21.6. The van der Waals surface area contributed by atoms with E-state index in [0.29, 0.717) is 0 Å². The van der Waals surface area contributed by atoms with Gasteiger partial charge in [0.15, 0.2) is 0 Å². The van der Waals surface area contributed by atoms with E-state index in [0.717, 1.165) is 0 Å². The Labute approximate surface area is 79.4 Å². The van der Waals surface area contributed by atoms with E-state index in [2.05, 4.69) is 5.43 Å².